The minimum atomic E-state index is -1.05. The summed E-state index contributed by atoms with van der Waals surface area (Å²) in [6.45, 7) is 1.73. The monoisotopic (exact) mass is 240 g/mol. The average Bonchev–Trinajstić information content (AvgIpc) is 2.86. The molecule has 2 N–H and O–H groups in total. The Morgan fingerprint density at radius 1 is 1.47 bits per heavy atom. The first-order valence-corrected chi connectivity index (χ1v) is 5.17. The Morgan fingerprint density at radius 2 is 2.18 bits per heavy atom. The number of carboxylic acids is 1. The molecule has 0 aromatic carbocycles. The van der Waals surface area contributed by atoms with Crippen LogP contribution in [0.4, 0.5) is 6.01 Å². The van der Waals surface area contributed by atoms with Crippen molar-refractivity contribution in [2.75, 3.05) is 5.32 Å². The van der Waals surface area contributed by atoms with Crippen molar-refractivity contribution in [1.82, 2.24) is 4.98 Å². The van der Waals surface area contributed by atoms with Gasteiger partial charge in [-0.15, -0.1) is 0 Å². The summed E-state index contributed by atoms with van der Waals surface area (Å²) in [5.41, 5.74) is 0.649. The second-order valence-corrected chi connectivity index (χ2v) is 3.81. The van der Waals surface area contributed by atoms with Gasteiger partial charge in [0, 0.05) is 0 Å². The number of rotatable bonds is 3. The molecule has 0 radical (unpaired) electrons. The summed E-state index contributed by atoms with van der Waals surface area (Å²) in [5.74, 6) is -1.48. The summed E-state index contributed by atoms with van der Waals surface area (Å²) < 4.78 is 10.0. The number of carbonyl (C=O) groups excluding carboxylic acids is 1. The lowest BCUT2D eigenvalue weighted by Gasteiger charge is -2.09. The molecule has 7 nitrogen and oxygen atoms in total. The summed E-state index contributed by atoms with van der Waals surface area (Å²) in [6, 6.07) is 0.0925. The van der Waals surface area contributed by atoms with Gasteiger partial charge in [0.15, 0.2) is 6.10 Å². The molecule has 1 aliphatic rings. The third kappa shape index (κ3) is 2.62. The van der Waals surface area contributed by atoms with Crippen LogP contribution in [-0.4, -0.2) is 34.2 Å². The first-order valence-electron chi connectivity index (χ1n) is 5.17. The zero-order valence-corrected chi connectivity index (χ0v) is 9.17. The topological polar surface area (TPSA) is 102 Å². The molecule has 0 spiro atoms. The molecule has 92 valence electrons. The summed E-state index contributed by atoms with van der Waals surface area (Å²) in [5, 5.41) is 11.1. The Balaban J connectivity index is 1.91. The van der Waals surface area contributed by atoms with Gasteiger partial charge in [0.05, 0.1) is 5.69 Å². The van der Waals surface area contributed by atoms with Crippen LogP contribution in [0, 0.1) is 6.92 Å². The number of hydrogen-bond acceptors (Lipinski definition) is 5. The highest BCUT2D eigenvalue weighted by atomic mass is 16.5. The normalized spacial score (nSPS) is 23.6. The number of amides is 1. The highest BCUT2D eigenvalue weighted by Gasteiger charge is 2.35. The van der Waals surface area contributed by atoms with Crippen molar-refractivity contribution >= 4 is 17.9 Å². The Kier molecular flexibility index (Phi) is 3.10. The number of carbonyl (C=O) groups is 2. The number of anilines is 1. The number of oxazole rings is 1. The van der Waals surface area contributed by atoms with E-state index in [1.807, 2.05) is 0 Å². The fourth-order valence-corrected chi connectivity index (χ4v) is 1.61. The summed E-state index contributed by atoms with van der Waals surface area (Å²) in [6.07, 6.45) is 0.450. The molecule has 0 bridgehead atoms. The number of aryl methyl sites for hydroxylation is 1. The molecule has 2 unspecified atom stereocenters. The van der Waals surface area contributed by atoms with Crippen molar-refractivity contribution in [3.8, 4) is 0 Å². The van der Waals surface area contributed by atoms with Gasteiger partial charge in [-0.3, -0.25) is 10.1 Å². The average molecular weight is 240 g/mol. The van der Waals surface area contributed by atoms with Crippen LogP contribution in [0.5, 0.6) is 0 Å². The molecular weight excluding hydrogens is 228 g/mol. The Labute approximate surface area is 96.8 Å². The number of carboxylic acid groups (broad SMARTS) is 1. The maximum atomic E-state index is 11.7. The van der Waals surface area contributed by atoms with Gasteiger partial charge >= 0.3 is 12.0 Å². The zero-order valence-electron chi connectivity index (χ0n) is 9.17. The predicted molar refractivity (Wildman–Crippen MR) is 55.4 cm³/mol. The summed E-state index contributed by atoms with van der Waals surface area (Å²) >= 11 is 0. The van der Waals surface area contributed by atoms with Gasteiger partial charge in [-0.1, -0.05) is 0 Å². The minimum absolute atomic E-state index is 0.0925. The number of aromatic nitrogens is 1. The smallest absolute Gasteiger partial charge is 0.332 e. The van der Waals surface area contributed by atoms with Gasteiger partial charge in [0.25, 0.3) is 5.91 Å². The van der Waals surface area contributed by atoms with E-state index in [1.54, 1.807) is 6.92 Å². The molecule has 2 rings (SSSR count). The number of hydrogen-bond donors (Lipinski definition) is 2. The second-order valence-electron chi connectivity index (χ2n) is 3.81. The van der Waals surface area contributed by atoms with Crippen LogP contribution in [0.3, 0.4) is 0 Å². The van der Waals surface area contributed by atoms with E-state index in [0.717, 1.165) is 0 Å². The van der Waals surface area contributed by atoms with E-state index in [0.29, 0.717) is 18.5 Å². The van der Waals surface area contributed by atoms with Crippen molar-refractivity contribution in [2.24, 2.45) is 0 Å². The molecule has 1 fully saturated rings. The number of nitrogens with zero attached hydrogens (tertiary/aromatic N) is 1. The van der Waals surface area contributed by atoms with Crippen LogP contribution in [0.2, 0.25) is 0 Å². The minimum Gasteiger partial charge on any atom is -0.479 e. The first kappa shape index (κ1) is 11.6. The van der Waals surface area contributed by atoms with Crippen LogP contribution in [0.1, 0.15) is 18.5 Å². The van der Waals surface area contributed by atoms with Crippen LogP contribution >= 0.6 is 0 Å². The van der Waals surface area contributed by atoms with Gasteiger partial charge in [0.1, 0.15) is 12.4 Å². The molecular formula is C10H12N2O5. The molecule has 7 heteroatoms. The Hall–Kier alpha value is -1.89. The van der Waals surface area contributed by atoms with E-state index in [1.165, 1.54) is 6.26 Å². The van der Waals surface area contributed by atoms with E-state index in [9.17, 15) is 9.59 Å². The van der Waals surface area contributed by atoms with E-state index in [4.69, 9.17) is 14.3 Å². The molecule has 0 saturated carbocycles. The van der Waals surface area contributed by atoms with E-state index in [-0.39, 0.29) is 6.01 Å². The van der Waals surface area contributed by atoms with Crippen molar-refractivity contribution in [1.29, 1.82) is 0 Å². The Bertz CT molecular complexity index is 442. The molecule has 2 atom stereocenters. The molecule has 17 heavy (non-hydrogen) atoms. The maximum absolute atomic E-state index is 11.7. The number of ether oxygens (including phenoxy) is 1. The van der Waals surface area contributed by atoms with Crippen LogP contribution in [0.15, 0.2) is 10.7 Å². The van der Waals surface area contributed by atoms with Crippen LogP contribution in [0.25, 0.3) is 0 Å². The number of nitrogens with one attached hydrogen (secondary N) is 1. The molecule has 2 heterocycles. The molecule has 1 aromatic heterocycles. The van der Waals surface area contributed by atoms with Crippen molar-refractivity contribution in [2.45, 2.75) is 32.0 Å². The predicted octanol–water partition coefficient (Wildman–Crippen LogP) is 0.554. The molecule has 1 amide bonds. The zero-order chi connectivity index (χ0) is 12.4. The highest BCUT2D eigenvalue weighted by Crippen LogP contribution is 2.21. The maximum Gasteiger partial charge on any atom is 0.332 e. The fourth-order valence-electron chi connectivity index (χ4n) is 1.61. The van der Waals surface area contributed by atoms with Gasteiger partial charge in [0.2, 0.25) is 0 Å². The van der Waals surface area contributed by atoms with Crippen molar-refractivity contribution in [3.63, 3.8) is 0 Å². The first-order chi connectivity index (χ1) is 8.06. The fraction of sp³-hybridized carbons (Fsp3) is 0.500. The lowest BCUT2D eigenvalue weighted by Crippen LogP contribution is -2.30. The molecule has 1 aliphatic heterocycles. The quantitative estimate of drug-likeness (QED) is 0.800. The summed E-state index contributed by atoms with van der Waals surface area (Å²) in [7, 11) is 0. The third-order valence-corrected chi connectivity index (χ3v) is 2.44. The lowest BCUT2D eigenvalue weighted by atomic mass is 10.2. The van der Waals surface area contributed by atoms with Crippen LogP contribution in [-0.2, 0) is 14.3 Å². The van der Waals surface area contributed by atoms with Crippen LogP contribution < -0.4 is 5.32 Å². The SMILES string of the molecule is Cc1coc(NC(=O)C2CCC(C(=O)O)O2)n1. The molecule has 1 saturated heterocycles. The third-order valence-electron chi connectivity index (χ3n) is 2.44. The van der Waals surface area contributed by atoms with Gasteiger partial charge in [-0.25, -0.2) is 4.79 Å². The number of aliphatic carboxylic acids is 1. The molecule has 0 aliphatic carbocycles. The van der Waals surface area contributed by atoms with Crippen molar-refractivity contribution in [3.05, 3.63) is 12.0 Å². The Morgan fingerprint density at radius 3 is 2.71 bits per heavy atom. The van der Waals surface area contributed by atoms with E-state index >= 15 is 0 Å². The van der Waals surface area contributed by atoms with E-state index in [2.05, 4.69) is 10.3 Å². The summed E-state index contributed by atoms with van der Waals surface area (Å²) in [4.78, 5) is 26.2. The van der Waals surface area contributed by atoms with E-state index < -0.39 is 24.1 Å². The molecule has 1 aromatic rings. The second kappa shape index (κ2) is 4.54. The lowest BCUT2D eigenvalue weighted by molar-refractivity contribution is -0.150. The van der Waals surface area contributed by atoms with Gasteiger partial charge in [-0.2, -0.15) is 4.98 Å². The van der Waals surface area contributed by atoms with Crippen molar-refractivity contribution < 1.29 is 23.8 Å². The van der Waals surface area contributed by atoms with Gasteiger partial charge in [-0.05, 0) is 19.8 Å². The standard InChI is InChI=1S/C10H12N2O5/c1-5-4-16-10(11-5)12-8(13)6-2-3-7(17-6)9(14)15/h4,6-7H,2-3H2,1H3,(H,14,15)(H,11,12,13). The largest absolute Gasteiger partial charge is 0.479 e. The van der Waals surface area contributed by atoms with Gasteiger partial charge < -0.3 is 14.3 Å². The highest BCUT2D eigenvalue weighted by molar-refractivity contribution is 5.93.